The van der Waals surface area contributed by atoms with Crippen LogP contribution in [0, 0.1) is 0 Å². The fourth-order valence-corrected chi connectivity index (χ4v) is 2.09. The highest BCUT2D eigenvalue weighted by atomic mass is 127. The first-order valence-corrected chi connectivity index (χ1v) is 5.21. The molecule has 1 amide bonds. The predicted molar refractivity (Wildman–Crippen MR) is 50.8 cm³/mol. The summed E-state index contributed by atoms with van der Waals surface area (Å²) in [5, 5.41) is 2.87. The van der Waals surface area contributed by atoms with Crippen LogP contribution >= 0.6 is 22.6 Å². The van der Waals surface area contributed by atoms with E-state index >= 15 is 0 Å². The van der Waals surface area contributed by atoms with Crippen molar-refractivity contribution in [2.45, 2.75) is 25.5 Å². The Balaban J connectivity index is 2.37. The number of ether oxygens (including phenoxy) is 1. The van der Waals surface area contributed by atoms with Crippen LogP contribution in [0.2, 0.25) is 0 Å². The molecule has 4 heteroatoms. The third kappa shape index (κ3) is 2.59. The summed E-state index contributed by atoms with van der Waals surface area (Å²) in [6.07, 6.45) is 1.17. The second-order valence-corrected chi connectivity index (χ2v) is 3.54. The number of carbonyl (C=O) groups excluding carboxylic acids is 1. The maximum absolute atomic E-state index is 10.7. The molecule has 0 aliphatic carbocycles. The molecule has 0 aromatic carbocycles. The highest BCUT2D eigenvalue weighted by molar-refractivity contribution is 14.1. The van der Waals surface area contributed by atoms with Crippen LogP contribution in [0.1, 0.15) is 13.3 Å². The minimum absolute atomic E-state index is 0.0374. The molecule has 3 nitrogen and oxygen atoms in total. The Bertz CT molecular complexity index is 151. The Kier molecular flexibility index (Phi) is 3.58. The molecule has 2 atom stereocenters. The van der Waals surface area contributed by atoms with Gasteiger partial charge in [0, 0.05) is 18.0 Å². The van der Waals surface area contributed by atoms with Gasteiger partial charge in [-0.25, -0.2) is 0 Å². The third-order valence-electron chi connectivity index (χ3n) is 1.75. The number of rotatable bonds is 2. The van der Waals surface area contributed by atoms with Crippen LogP contribution in [0.25, 0.3) is 0 Å². The van der Waals surface area contributed by atoms with Gasteiger partial charge in [0.2, 0.25) is 5.91 Å². The summed E-state index contributed by atoms with van der Waals surface area (Å²) in [7, 11) is 0. The van der Waals surface area contributed by atoms with Crippen molar-refractivity contribution in [1.29, 1.82) is 0 Å². The van der Waals surface area contributed by atoms with Gasteiger partial charge in [0.1, 0.15) is 0 Å². The molecule has 1 aliphatic rings. The average Bonchev–Trinajstić information content (AvgIpc) is 2.34. The minimum Gasteiger partial charge on any atom is -0.375 e. The maximum atomic E-state index is 10.7. The van der Waals surface area contributed by atoms with E-state index in [9.17, 15) is 4.79 Å². The summed E-state index contributed by atoms with van der Waals surface area (Å²) < 4.78 is 6.34. The van der Waals surface area contributed by atoms with Crippen molar-refractivity contribution >= 4 is 28.5 Å². The predicted octanol–water partition coefficient (Wildman–Crippen LogP) is 0.715. The van der Waals surface area contributed by atoms with Gasteiger partial charge in [-0.1, -0.05) is 22.6 Å². The molecule has 0 saturated carbocycles. The lowest BCUT2D eigenvalue weighted by molar-refractivity contribution is -0.119. The topological polar surface area (TPSA) is 38.3 Å². The minimum atomic E-state index is 0.0374. The molecule has 0 aromatic heterocycles. The standard InChI is InChI=1S/C7H12INO2/c1-5(10)9-6-2-3-11-7(6)4-8/h6-7H,2-4H2,1H3,(H,9,10)/t6-,7+/m1/s1. The molecule has 0 unspecified atom stereocenters. The van der Waals surface area contributed by atoms with Crippen molar-refractivity contribution in [2.24, 2.45) is 0 Å². The number of carbonyl (C=O) groups is 1. The molecule has 1 fully saturated rings. The molecule has 64 valence electrons. The van der Waals surface area contributed by atoms with Gasteiger partial charge in [-0.15, -0.1) is 0 Å². The fourth-order valence-electron chi connectivity index (χ4n) is 1.23. The van der Waals surface area contributed by atoms with Crippen molar-refractivity contribution in [3.8, 4) is 0 Å². The zero-order valence-corrected chi connectivity index (χ0v) is 8.63. The molecule has 0 radical (unpaired) electrons. The van der Waals surface area contributed by atoms with E-state index in [0.29, 0.717) is 0 Å². The largest absolute Gasteiger partial charge is 0.375 e. The highest BCUT2D eigenvalue weighted by Crippen LogP contribution is 2.15. The second kappa shape index (κ2) is 4.25. The quantitative estimate of drug-likeness (QED) is 0.592. The third-order valence-corrected chi connectivity index (χ3v) is 2.62. The van der Waals surface area contributed by atoms with Crippen LogP contribution in [-0.4, -0.2) is 29.1 Å². The molecule has 0 bridgehead atoms. The molecule has 0 spiro atoms. The van der Waals surface area contributed by atoms with Crippen molar-refractivity contribution in [3.63, 3.8) is 0 Å². The van der Waals surface area contributed by atoms with Gasteiger partial charge in [-0.3, -0.25) is 4.79 Å². The normalized spacial score (nSPS) is 30.4. The summed E-state index contributed by atoms with van der Waals surface area (Å²) in [5.74, 6) is 0.0374. The van der Waals surface area contributed by atoms with Gasteiger partial charge in [0.05, 0.1) is 12.1 Å². The van der Waals surface area contributed by atoms with Crippen LogP contribution in [0.15, 0.2) is 0 Å². The van der Waals surface area contributed by atoms with Gasteiger partial charge < -0.3 is 10.1 Å². The summed E-state index contributed by atoms with van der Waals surface area (Å²) in [4.78, 5) is 10.7. The smallest absolute Gasteiger partial charge is 0.217 e. The fraction of sp³-hybridized carbons (Fsp3) is 0.857. The molecule has 0 aromatic rings. The van der Waals surface area contributed by atoms with Crippen LogP contribution in [0.5, 0.6) is 0 Å². The molecule has 1 heterocycles. The molecular formula is C7H12INO2. The summed E-state index contributed by atoms with van der Waals surface area (Å²) in [6.45, 7) is 2.32. The molecule has 1 N–H and O–H groups in total. The van der Waals surface area contributed by atoms with E-state index < -0.39 is 0 Å². The Morgan fingerprint density at radius 1 is 1.82 bits per heavy atom. The van der Waals surface area contributed by atoms with Crippen molar-refractivity contribution in [1.82, 2.24) is 5.32 Å². The lowest BCUT2D eigenvalue weighted by atomic mass is 10.1. The monoisotopic (exact) mass is 269 g/mol. The number of amides is 1. The van der Waals surface area contributed by atoms with Crippen molar-refractivity contribution in [3.05, 3.63) is 0 Å². The second-order valence-electron chi connectivity index (χ2n) is 2.66. The SMILES string of the molecule is CC(=O)N[C@@H]1CCO[C@H]1CI. The van der Waals surface area contributed by atoms with E-state index in [-0.39, 0.29) is 18.1 Å². The van der Waals surface area contributed by atoms with Crippen LogP contribution < -0.4 is 5.32 Å². The van der Waals surface area contributed by atoms with Gasteiger partial charge in [-0.05, 0) is 6.42 Å². The zero-order chi connectivity index (χ0) is 8.27. The van der Waals surface area contributed by atoms with Gasteiger partial charge in [0.25, 0.3) is 0 Å². The van der Waals surface area contributed by atoms with Gasteiger partial charge in [0.15, 0.2) is 0 Å². The molecule has 1 rings (SSSR count). The van der Waals surface area contributed by atoms with E-state index in [0.717, 1.165) is 17.5 Å². The van der Waals surface area contributed by atoms with Gasteiger partial charge >= 0.3 is 0 Å². The number of nitrogens with one attached hydrogen (secondary N) is 1. The summed E-state index contributed by atoms with van der Waals surface area (Å²) >= 11 is 2.28. The lowest BCUT2D eigenvalue weighted by Crippen LogP contribution is -2.39. The van der Waals surface area contributed by atoms with Crippen LogP contribution in [-0.2, 0) is 9.53 Å². The molecule has 1 saturated heterocycles. The van der Waals surface area contributed by atoms with E-state index in [2.05, 4.69) is 27.9 Å². The maximum Gasteiger partial charge on any atom is 0.217 e. The number of halogens is 1. The number of alkyl halides is 1. The first-order chi connectivity index (χ1) is 5.24. The zero-order valence-electron chi connectivity index (χ0n) is 6.47. The Hall–Kier alpha value is 0.160. The highest BCUT2D eigenvalue weighted by Gasteiger charge is 2.27. The number of hydrogen-bond acceptors (Lipinski definition) is 2. The van der Waals surface area contributed by atoms with E-state index in [1.165, 1.54) is 0 Å². The molecule has 11 heavy (non-hydrogen) atoms. The van der Waals surface area contributed by atoms with Crippen molar-refractivity contribution < 1.29 is 9.53 Å². The Morgan fingerprint density at radius 3 is 3.09 bits per heavy atom. The van der Waals surface area contributed by atoms with E-state index in [1.807, 2.05) is 0 Å². The molecular weight excluding hydrogens is 257 g/mol. The summed E-state index contributed by atoms with van der Waals surface area (Å²) in [6, 6.07) is 0.240. The van der Waals surface area contributed by atoms with Crippen LogP contribution in [0.4, 0.5) is 0 Å². The van der Waals surface area contributed by atoms with E-state index in [1.54, 1.807) is 6.92 Å². The summed E-state index contributed by atoms with van der Waals surface area (Å²) in [5.41, 5.74) is 0. The first-order valence-electron chi connectivity index (χ1n) is 3.68. The molecule has 1 aliphatic heterocycles. The van der Waals surface area contributed by atoms with Crippen molar-refractivity contribution in [2.75, 3.05) is 11.0 Å². The first kappa shape index (κ1) is 9.25. The Labute approximate surface area is 80.0 Å². The van der Waals surface area contributed by atoms with Gasteiger partial charge in [-0.2, -0.15) is 0 Å². The van der Waals surface area contributed by atoms with E-state index in [4.69, 9.17) is 4.74 Å². The average molecular weight is 269 g/mol. The Morgan fingerprint density at radius 2 is 2.55 bits per heavy atom. The number of hydrogen-bond donors (Lipinski definition) is 1. The van der Waals surface area contributed by atoms with Crippen LogP contribution in [0.3, 0.4) is 0 Å². The lowest BCUT2D eigenvalue weighted by Gasteiger charge is -2.16.